The fourth-order valence-electron chi connectivity index (χ4n) is 5.15. The molecule has 1 fully saturated rings. The van der Waals surface area contributed by atoms with E-state index in [9.17, 15) is 9.59 Å². The number of ether oxygens (including phenoxy) is 1. The van der Waals surface area contributed by atoms with Crippen molar-refractivity contribution in [3.8, 4) is 11.3 Å². The highest BCUT2D eigenvalue weighted by Gasteiger charge is 2.29. The number of fused-ring (bicyclic) bond motifs is 1. The van der Waals surface area contributed by atoms with Crippen molar-refractivity contribution in [1.29, 1.82) is 0 Å². The summed E-state index contributed by atoms with van der Waals surface area (Å²) in [5.74, 6) is 1.02. The van der Waals surface area contributed by atoms with Crippen LogP contribution in [0.2, 0.25) is 0 Å². The molecule has 0 saturated carbocycles. The molecule has 0 radical (unpaired) electrons. The Balaban J connectivity index is 1.46. The van der Waals surface area contributed by atoms with Gasteiger partial charge in [0.25, 0.3) is 5.91 Å². The molecule has 4 rings (SSSR count). The molecule has 2 amide bonds. The van der Waals surface area contributed by atoms with Crippen LogP contribution in [0.15, 0.2) is 30.3 Å². The SMILES string of the molecule is CNCCN(C)Cc1cccc(-c2cc(C(=O)NCCC(=O)NCC3CCOCC3)c3c(n2)N(C(C)C)NC3)c1. The Morgan fingerprint density at radius 2 is 1.98 bits per heavy atom. The van der Waals surface area contributed by atoms with Gasteiger partial charge in [-0.1, -0.05) is 18.2 Å². The highest BCUT2D eigenvalue weighted by molar-refractivity contribution is 5.98. The predicted octanol–water partition coefficient (Wildman–Crippen LogP) is 2.30. The van der Waals surface area contributed by atoms with Crippen LogP contribution in [-0.2, 0) is 22.6 Å². The Hall–Kier alpha value is -3.05. The zero-order valence-corrected chi connectivity index (χ0v) is 24.4. The molecule has 2 aromatic rings. The van der Waals surface area contributed by atoms with Crippen LogP contribution in [-0.4, -0.2) is 81.2 Å². The summed E-state index contributed by atoms with van der Waals surface area (Å²) >= 11 is 0. The molecule has 2 aliphatic heterocycles. The number of benzene rings is 1. The Morgan fingerprint density at radius 1 is 1.18 bits per heavy atom. The van der Waals surface area contributed by atoms with E-state index in [1.165, 1.54) is 5.56 Å². The number of carbonyl (C=O) groups is 2. The van der Waals surface area contributed by atoms with Crippen molar-refractivity contribution in [2.75, 3.05) is 58.5 Å². The molecule has 1 aromatic carbocycles. The molecule has 0 bridgehead atoms. The lowest BCUT2D eigenvalue weighted by atomic mass is 10.0. The molecule has 218 valence electrons. The van der Waals surface area contributed by atoms with Gasteiger partial charge in [0, 0.05) is 81.6 Å². The number of nitrogens with zero attached hydrogens (tertiary/aromatic N) is 3. The van der Waals surface area contributed by atoms with Crippen LogP contribution in [0.25, 0.3) is 11.3 Å². The molecule has 0 atom stereocenters. The van der Waals surface area contributed by atoms with Crippen LogP contribution in [0.3, 0.4) is 0 Å². The minimum Gasteiger partial charge on any atom is -0.381 e. The van der Waals surface area contributed by atoms with Crippen molar-refractivity contribution in [2.45, 2.75) is 52.2 Å². The first-order valence-corrected chi connectivity index (χ1v) is 14.5. The molecule has 10 heteroatoms. The van der Waals surface area contributed by atoms with Gasteiger partial charge in [-0.25, -0.2) is 10.4 Å². The molecule has 10 nitrogen and oxygen atoms in total. The number of carbonyl (C=O) groups excluding carboxylic acids is 2. The minimum absolute atomic E-state index is 0.0448. The van der Waals surface area contributed by atoms with Gasteiger partial charge in [0.15, 0.2) is 0 Å². The lowest BCUT2D eigenvalue weighted by molar-refractivity contribution is -0.121. The van der Waals surface area contributed by atoms with Crippen molar-refractivity contribution in [2.24, 2.45) is 5.92 Å². The Kier molecular flexibility index (Phi) is 10.9. The summed E-state index contributed by atoms with van der Waals surface area (Å²) in [6.07, 6.45) is 2.20. The Morgan fingerprint density at radius 3 is 2.73 bits per heavy atom. The van der Waals surface area contributed by atoms with Crippen LogP contribution in [0.4, 0.5) is 5.82 Å². The number of nitrogens with one attached hydrogen (secondary N) is 4. The summed E-state index contributed by atoms with van der Waals surface area (Å²) in [5.41, 5.74) is 7.77. The topological polar surface area (TPSA) is 111 Å². The number of rotatable bonds is 13. The normalized spacial score (nSPS) is 15.5. The summed E-state index contributed by atoms with van der Waals surface area (Å²) in [6, 6.07) is 10.4. The maximum Gasteiger partial charge on any atom is 0.251 e. The van der Waals surface area contributed by atoms with Crippen LogP contribution < -0.4 is 26.4 Å². The van der Waals surface area contributed by atoms with Gasteiger partial charge in [0.05, 0.1) is 5.69 Å². The van der Waals surface area contributed by atoms with Crippen molar-refractivity contribution >= 4 is 17.6 Å². The van der Waals surface area contributed by atoms with Crippen molar-refractivity contribution in [3.05, 3.63) is 47.0 Å². The van der Waals surface area contributed by atoms with Gasteiger partial charge in [-0.3, -0.25) is 14.6 Å². The molecule has 40 heavy (non-hydrogen) atoms. The third-order valence-corrected chi connectivity index (χ3v) is 7.50. The number of hydrogen-bond donors (Lipinski definition) is 4. The average molecular weight is 552 g/mol. The summed E-state index contributed by atoms with van der Waals surface area (Å²) < 4.78 is 5.39. The van der Waals surface area contributed by atoms with Crippen LogP contribution in [0.5, 0.6) is 0 Å². The monoisotopic (exact) mass is 551 g/mol. The second kappa shape index (κ2) is 14.5. The summed E-state index contributed by atoms with van der Waals surface area (Å²) in [6.45, 7) is 9.88. The number of hydrazine groups is 1. The Bertz CT molecular complexity index is 1150. The van der Waals surface area contributed by atoms with Crippen molar-refractivity contribution in [1.82, 2.24) is 31.3 Å². The summed E-state index contributed by atoms with van der Waals surface area (Å²) in [5, 5.41) is 11.2. The van der Waals surface area contributed by atoms with Crippen LogP contribution >= 0.6 is 0 Å². The second-order valence-corrected chi connectivity index (χ2v) is 11.1. The van der Waals surface area contributed by atoms with E-state index < -0.39 is 0 Å². The third kappa shape index (κ3) is 8.00. The number of hydrogen-bond acceptors (Lipinski definition) is 8. The average Bonchev–Trinajstić information content (AvgIpc) is 3.39. The maximum absolute atomic E-state index is 13.4. The van der Waals surface area contributed by atoms with Gasteiger partial charge in [-0.15, -0.1) is 0 Å². The first kappa shape index (κ1) is 29.9. The van der Waals surface area contributed by atoms with Crippen molar-refractivity contribution < 1.29 is 14.3 Å². The first-order chi connectivity index (χ1) is 19.4. The smallest absolute Gasteiger partial charge is 0.251 e. The van der Waals surface area contributed by atoms with Gasteiger partial charge >= 0.3 is 0 Å². The van der Waals surface area contributed by atoms with E-state index in [1.807, 2.05) is 30.3 Å². The van der Waals surface area contributed by atoms with Gasteiger partial charge in [-0.2, -0.15) is 0 Å². The minimum atomic E-state index is -0.188. The van der Waals surface area contributed by atoms with Gasteiger partial charge < -0.3 is 25.6 Å². The number of aromatic nitrogens is 1. The lowest BCUT2D eigenvalue weighted by Gasteiger charge is -2.23. The molecular formula is C30H45N7O3. The molecule has 0 unspecified atom stereocenters. The zero-order valence-electron chi connectivity index (χ0n) is 24.4. The van der Waals surface area contributed by atoms with Gasteiger partial charge in [-0.05, 0) is 64.4 Å². The maximum atomic E-state index is 13.4. The number of likely N-dealkylation sites (N-methyl/N-ethyl adjacent to an activating group) is 2. The number of pyridine rings is 1. The number of amides is 2. The van der Waals surface area contributed by atoms with E-state index in [0.717, 1.165) is 68.3 Å². The molecule has 0 spiro atoms. The van der Waals surface area contributed by atoms with E-state index >= 15 is 0 Å². The summed E-state index contributed by atoms with van der Waals surface area (Å²) in [4.78, 5) is 33.1. The molecule has 2 aliphatic rings. The van der Waals surface area contributed by atoms with Gasteiger partial charge in [0.1, 0.15) is 5.82 Å². The quantitative estimate of drug-likeness (QED) is 0.300. The third-order valence-electron chi connectivity index (χ3n) is 7.50. The second-order valence-electron chi connectivity index (χ2n) is 11.1. The van der Waals surface area contributed by atoms with E-state index in [-0.39, 0.29) is 30.8 Å². The fourth-order valence-corrected chi connectivity index (χ4v) is 5.15. The van der Waals surface area contributed by atoms with E-state index in [4.69, 9.17) is 9.72 Å². The van der Waals surface area contributed by atoms with E-state index in [0.29, 0.717) is 24.6 Å². The standard InChI is InChI=1S/C30H45N7O3/c1-21(2)37-29-26(19-34-37)25(30(39)32-11-8-28(38)33-18-22-9-14-40-15-10-22)17-27(35-29)24-7-5-6-23(16-24)20-36(4)13-12-31-3/h5-7,16-17,21-22,31,34H,8-15,18-20H2,1-4H3,(H,32,39)(H,33,38). The van der Waals surface area contributed by atoms with Crippen LogP contribution in [0, 0.1) is 5.92 Å². The van der Waals surface area contributed by atoms with Crippen LogP contribution in [0.1, 0.15) is 54.6 Å². The van der Waals surface area contributed by atoms with Gasteiger partial charge in [0.2, 0.25) is 5.91 Å². The number of anilines is 1. The largest absolute Gasteiger partial charge is 0.381 e. The van der Waals surface area contributed by atoms with E-state index in [2.05, 4.69) is 59.3 Å². The first-order valence-electron chi connectivity index (χ1n) is 14.5. The Labute approximate surface area is 238 Å². The lowest BCUT2D eigenvalue weighted by Crippen LogP contribution is -2.38. The predicted molar refractivity (Wildman–Crippen MR) is 158 cm³/mol. The highest BCUT2D eigenvalue weighted by Crippen LogP contribution is 2.32. The van der Waals surface area contributed by atoms with E-state index in [1.54, 1.807) is 0 Å². The molecule has 1 saturated heterocycles. The van der Waals surface area contributed by atoms with Crippen molar-refractivity contribution in [3.63, 3.8) is 0 Å². The zero-order chi connectivity index (χ0) is 28.5. The highest BCUT2D eigenvalue weighted by atomic mass is 16.5. The molecule has 4 N–H and O–H groups in total. The molecule has 1 aromatic heterocycles. The molecular weight excluding hydrogens is 506 g/mol. The fraction of sp³-hybridized carbons (Fsp3) is 0.567. The molecule has 3 heterocycles. The summed E-state index contributed by atoms with van der Waals surface area (Å²) in [7, 11) is 4.07. The molecule has 0 aliphatic carbocycles.